The molecule has 0 aromatic carbocycles. The minimum atomic E-state index is 0.377. The fraction of sp³-hybridized carbons (Fsp3) is 1.00. The molecular formula is C11H23N. The van der Waals surface area contributed by atoms with Gasteiger partial charge in [0.05, 0.1) is 0 Å². The lowest BCUT2D eigenvalue weighted by Gasteiger charge is -2.41. The Hall–Kier alpha value is -0.0400. The summed E-state index contributed by atoms with van der Waals surface area (Å²) in [6.45, 7) is 9.37. The average molecular weight is 169 g/mol. The molecule has 1 aliphatic rings. The Morgan fingerprint density at radius 1 is 1.33 bits per heavy atom. The maximum Gasteiger partial charge on any atom is 0.00982 e. The van der Waals surface area contributed by atoms with Crippen molar-refractivity contribution in [3.05, 3.63) is 0 Å². The van der Waals surface area contributed by atoms with Crippen LogP contribution >= 0.6 is 0 Å². The minimum Gasteiger partial charge on any atom is -0.327 e. The summed E-state index contributed by atoms with van der Waals surface area (Å²) in [5, 5.41) is 0. The van der Waals surface area contributed by atoms with Gasteiger partial charge in [-0.1, -0.05) is 34.1 Å². The van der Waals surface area contributed by atoms with Crippen molar-refractivity contribution in [2.75, 3.05) is 0 Å². The smallest absolute Gasteiger partial charge is 0.00982 e. The zero-order valence-corrected chi connectivity index (χ0v) is 8.98. The molecule has 0 aromatic heterocycles. The zero-order chi connectivity index (χ0) is 9.41. The molecule has 1 saturated carbocycles. The summed E-state index contributed by atoms with van der Waals surface area (Å²) in [6, 6.07) is 0.424. The topological polar surface area (TPSA) is 26.0 Å². The lowest BCUT2D eigenvalue weighted by molar-refractivity contribution is 0.102. The van der Waals surface area contributed by atoms with Crippen molar-refractivity contribution in [3.63, 3.8) is 0 Å². The molecule has 1 fully saturated rings. The molecule has 1 unspecified atom stereocenters. The van der Waals surface area contributed by atoms with Crippen molar-refractivity contribution in [1.29, 1.82) is 0 Å². The van der Waals surface area contributed by atoms with Crippen LogP contribution in [0.25, 0.3) is 0 Å². The van der Waals surface area contributed by atoms with E-state index >= 15 is 0 Å². The molecule has 1 aliphatic carbocycles. The minimum absolute atomic E-state index is 0.377. The van der Waals surface area contributed by atoms with E-state index in [1.165, 1.54) is 25.7 Å². The Morgan fingerprint density at radius 2 is 1.92 bits per heavy atom. The van der Waals surface area contributed by atoms with E-state index < -0.39 is 0 Å². The molecule has 0 aromatic rings. The second-order valence-corrected chi connectivity index (χ2v) is 5.20. The van der Waals surface area contributed by atoms with Gasteiger partial charge in [-0.25, -0.2) is 0 Å². The number of rotatable bonds is 2. The van der Waals surface area contributed by atoms with Gasteiger partial charge in [0.25, 0.3) is 0 Å². The van der Waals surface area contributed by atoms with E-state index in [0.717, 1.165) is 0 Å². The van der Waals surface area contributed by atoms with Crippen LogP contribution in [0.1, 0.15) is 53.4 Å². The number of hydrogen-bond donors (Lipinski definition) is 1. The van der Waals surface area contributed by atoms with Crippen molar-refractivity contribution in [2.45, 2.75) is 59.4 Å². The number of nitrogens with two attached hydrogens (primary N) is 1. The zero-order valence-electron chi connectivity index (χ0n) is 8.98. The molecule has 0 aliphatic heterocycles. The third-order valence-electron chi connectivity index (χ3n) is 4.21. The molecule has 1 nitrogen and oxygen atoms in total. The van der Waals surface area contributed by atoms with Crippen LogP contribution < -0.4 is 5.73 Å². The highest BCUT2D eigenvalue weighted by Crippen LogP contribution is 2.54. The third-order valence-corrected chi connectivity index (χ3v) is 4.21. The van der Waals surface area contributed by atoms with Crippen molar-refractivity contribution >= 4 is 0 Å². The highest BCUT2D eigenvalue weighted by Gasteiger charge is 2.49. The van der Waals surface area contributed by atoms with Gasteiger partial charge < -0.3 is 5.73 Å². The van der Waals surface area contributed by atoms with E-state index in [0.29, 0.717) is 16.9 Å². The summed E-state index contributed by atoms with van der Waals surface area (Å²) in [5.41, 5.74) is 7.00. The lowest BCUT2D eigenvalue weighted by Crippen LogP contribution is -2.42. The van der Waals surface area contributed by atoms with Crippen molar-refractivity contribution in [2.24, 2.45) is 16.6 Å². The Morgan fingerprint density at radius 3 is 2.25 bits per heavy atom. The van der Waals surface area contributed by atoms with Crippen LogP contribution in [0.15, 0.2) is 0 Å². The fourth-order valence-electron chi connectivity index (χ4n) is 2.67. The van der Waals surface area contributed by atoms with Gasteiger partial charge in [-0.2, -0.15) is 0 Å². The number of hydrogen-bond acceptors (Lipinski definition) is 1. The summed E-state index contributed by atoms with van der Waals surface area (Å²) in [4.78, 5) is 0. The maximum atomic E-state index is 6.17. The fourth-order valence-corrected chi connectivity index (χ4v) is 2.67. The van der Waals surface area contributed by atoms with Crippen LogP contribution in [-0.4, -0.2) is 6.04 Å². The van der Waals surface area contributed by atoms with Gasteiger partial charge in [0, 0.05) is 6.04 Å². The first-order valence-electron chi connectivity index (χ1n) is 5.19. The Balaban J connectivity index is 2.82. The van der Waals surface area contributed by atoms with Crippen LogP contribution in [0.3, 0.4) is 0 Å². The van der Waals surface area contributed by atoms with Crippen LogP contribution in [0.5, 0.6) is 0 Å². The van der Waals surface area contributed by atoms with Gasteiger partial charge in [0.15, 0.2) is 0 Å². The van der Waals surface area contributed by atoms with Crippen molar-refractivity contribution in [3.8, 4) is 0 Å². The molecule has 0 radical (unpaired) electrons. The van der Waals surface area contributed by atoms with E-state index in [2.05, 4.69) is 27.7 Å². The maximum absolute atomic E-state index is 6.17. The Kier molecular flexibility index (Phi) is 2.53. The molecule has 0 spiro atoms. The van der Waals surface area contributed by atoms with Crippen molar-refractivity contribution < 1.29 is 0 Å². The average Bonchev–Trinajstić information content (AvgIpc) is 2.16. The monoisotopic (exact) mass is 169 g/mol. The molecule has 2 N–H and O–H groups in total. The second kappa shape index (κ2) is 3.02. The van der Waals surface area contributed by atoms with Crippen LogP contribution in [0.2, 0.25) is 0 Å². The van der Waals surface area contributed by atoms with Gasteiger partial charge in [-0.3, -0.25) is 0 Å². The van der Waals surface area contributed by atoms with E-state index in [1.807, 2.05) is 0 Å². The summed E-state index contributed by atoms with van der Waals surface area (Å²) < 4.78 is 0. The lowest BCUT2D eigenvalue weighted by atomic mass is 9.65. The summed E-state index contributed by atoms with van der Waals surface area (Å²) in [6.07, 6.45) is 5.04. The predicted octanol–water partition coefficient (Wildman–Crippen LogP) is 2.94. The normalized spacial score (nSPS) is 40.2. The molecular weight excluding hydrogens is 146 g/mol. The Bertz CT molecular complexity index is 162. The van der Waals surface area contributed by atoms with Gasteiger partial charge in [-0.15, -0.1) is 0 Å². The van der Waals surface area contributed by atoms with E-state index in [9.17, 15) is 0 Å². The first-order chi connectivity index (χ1) is 5.44. The van der Waals surface area contributed by atoms with Crippen molar-refractivity contribution in [1.82, 2.24) is 0 Å². The van der Waals surface area contributed by atoms with Gasteiger partial charge in [-0.05, 0) is 30.1 Å². The molecule has 72 valence electrons. The second-order valence-electron chi connectivity index (χ2n) is 5.20. The van der Waals surface area contributed by atoms with E-state index in [1.54, 1.807) is 0 Å². The molecule has 0 saturated heterocycles. The molecule has 2 atom stereocenters. The summed E-state index contributed by atoms with van der Waals surface area (Å²) >= 11 is 0. The van der Waals surface area contributed by atoms with Gasteiger partial charge in [0.1, 0.15) is 0 Å². The summed E-state index contributed by atoms with van der Waals surface area (Å²) in [7, 11) is 0. The molecule has 12 heavy (non-hydrogen) atoms. The van der Waals surface area contributed by atoms with Gasteiger partial charge in [0.2, 0.25) is 0 Å². The molecule has 1 heteroatoms. The standard InChI is InChI=1S/C11H23N/c1-5-7-11(4)9(12)6-8-10(11,2)3/h9H,5-8,12H2,1-4H3/t9-,11?/m0/s1. The Labute approximate surface area is 76.7 Å². The van der Waals surface area contributed by atoms with E-state index in [4.69, 9.17) is 5.73 Å². The van der Waals surface area contributed by atoms with Crippen LogP contribution in [-0.2, 0) is 0 Å². The molecule has 1 rings (SSSR count). The third kappa shape index (κ3) is 1.28. The SMILES string of the molecule is CCCC1(C)[C@@H](N)CCC1(C)C. The predicted molar refractivity (Wildman–Crippen MR) is 54.0 cm³/mol. The van der Waals surface area contributed by atoms with Gasteiger partial charge >= 0.3 is 0 Å². The van der Waals surface area contributed by atoms with Crippen LogP contribution in [0, 0.1) is 10.8 Å². The molecule has 0 heterocycles. The highest BCUT2D eigenvalue weighted by atomic mass is 14.7. The first-order valence-corrected chi connectivity index (χ1v) is 5.19. The largest absolute Gasteiger partial charge is 0.327 e. The molecule has 0 bridgehead atoms. The highest BCUT2D eigenvalue weighted by molar-refractivity contribution is 5.02. The van der Waals surface area contributed by atoms with Crippen LogP contribution in [0.4, 0.5) is 0 Å². The quantitative estimate of drug-likeness (QED) is 0.675. The van der Waals surface area contributed by atoms with E-state index in [-0.39, 0.29) is 0 Å². The molecule has 0 amide bonds. The first kappa shape index (κ1) is 10.0. The summed E-state index contributed by atoms with van der Waals surface area (Å²) in [5.74, 6) is 0.